The van der Waals surface area contributed by atoms with Gasteiger partial charge < -0.3 is 14.7 Å². The molecular weight excluding hydrogens is 390 g/mol. The first-order valence-corrected chi connectivity index (χ1v) is 11.4. The summed E-state index contributed by atoms with van der Waals surface area (Å²) >= 11 is 0. The Morgan fingerprint density at radius 1 is 1.28 bits per heavy atom. The number of allylic oxidation sites excluding steroid dienone is 3. The van der Waals surface area contributed by atoms with Crippen molar-refractivity contribution in [3.8, 4) is 0 Å². The van der Waals surface area contributed by atoms with Crippen LogP contribution in [0.5, 0.6) is 0 Å². The molecule has 2 atom stereocenters. The highest BCUT2D eigenvalue weighted by Gasteiger charge is 2.32. The number of hydrogen-bond acceptors (Lipinski definition) is 5. The zero-order valence-electron chi connectivity index (χ0n) is 17.4. The molecule has 3 rings (SSSR count). The minimum Gasteiger partial charge on any atom is -0.512 e. The Bertz CT molecular complexity index is 956. The van der Waals surface area contributed by atoms with E-state index in [2.05, 4.69) is 0 Å². The summed E-state index contributed by atoms with van der Waals surface area (Å²) < 4.78 is 31.3. The Morgan fingerprint density at radius 3 is 2.62 bits per heavy atom. The summed E-state index contributed by atoms with van der Waals surface area (Å²) in [5, 5.41) is 8.92. The minimum absolute atomic E-state index is 0.0719. The molecule has 1 aromatic rings. The van der Waals surface area contributed by atoms with Crippen LogP contribution in [0.15, 0.2) is 47.1 Å². The molecule has 1 aliphatic heterocycles. The second kappa shape index (κ2) is 7.86. The molecule has 158 valence electrons. The van der Waals surface area contributed by atoms with E-state index in [0.29, 0.717) is 13.1 Å². The molecule has 1 aromatic carbocycles. The number of aliphatic hydroxyl groups excluding tert-OH is 1. The van der Waals surface area contributed by atoms with Gasteiger partial charge in [0.25, 0.3) is 0 Å². The van der Waals surface area contributed by atoms with Crippen LogP contribution in [0.3, 0.4) is 0 Å². The van der Waals surface area contributed by atoms with Crippen molar-refractivity contribution in [2.45, 2.75) is 62.2 Å². The van der Waals surface area contributed by atoms with Crippen LogP contribution in [0, 0.1) is 6.92 Å². The fraction of sp³-hybridized carbons (Fsp3) is 0.500. The summed E-state index contributed by atoms with van der Waals surface area (Å²) in [7, 11) is -3.57. The van der Waals surface area contributed by atoms with Gasteiger partial charge in [-0.25, -0.2) is 13.2 Å². The van der Waals surface area contributed by atoms with Crippen LogP contribution in [0.2, 0.25) is 0 Å². The Morgan fingerprint density at radius 2 is 2.00 bits per heavy atom. The number of carbonyl (C=O) groups is 1. The predicted molar refractivity (Wildman–Crippen MR) is 112 cm³/mol. The second-order valence-corrected chi connectivity index (χ2v) is 10.9. The lowest BCUT2D eigenvalue weighted by atomic mass is 9.94. The third-order valence-corrected chi connectivity index (χ3v) is 7.30. The van der Waals surface area contributed by atoms with Crippen molar-refractivity contribution in [2.24, 2.45) is 0 Å². The number of nitrogens with zero attached hydrogens (tertiary/aromatic N) is 1. The Hall–Kier alpha value is -2.28. The lowest BCUT2D eigenvalue weighted by Crippen LogP contribution is -2.35. The van der Waals surface area contributed by atoms with E-state index in [1.54, 1.807) is 29.2 Å². The molecule has 2 aliphatic rings. The molecule has 1 aliphatic carbocycles. The van der Waals surface area contributed by atoms with Gasteiger partial charge in [-0.05, 0) is 63.5 Å². The highest BCUT2D eigenvalue weighted by atomic mass is 32.2. The van der Waals surface area contributed by atoms with Gasteiger partial charge in [-0.3, -0.25) is 0 Å². The molecule has 0 aromatic heterocycles. The van der Waals surface area contributed by atoms with E-state index < -0.39 is 20.7 Å². The third-order valence-electron chi connectivity index (χ3n) is 5.27. The minimum atomic E-state index is -3.57. The highest BCUT2D eigenvalue weighted by molar-refractivity contribution is 7.92. The first-order chi connectivity index (χ1) is 13.5. The number of ether oxygens (including phenoxy) is 1. The fourth-order valence-corrected chi connectivity index (χ4v) is 5.45. The summed E-state index contributed by atoms with van der Waals surface area (Å²) in [5.41, 5.74) is 1.41. The SMILES string of the molecule is Cc1cc(S(=O)(=O)C2C=CC=C(O)C2)ccc1C1CCN(C(=O)OC(C)(C)C)C1. The molecule has 1 fully saturated rings. The van der Waals surface area contributed by atoms with Gasteiger partial charge in [-0.1, -0.05) is 18.2 Å². The average Bonchev–Trinajstić information content (AvgIpc) is 3.10. The number of aryl methyl sites for hydroxylation is 1. The number of benzene rings is 1. The molecule has 0 radical (unpaired) electrons. The molecular formula is C22H29NO5S. The maximum Gasteiger partial charge on any atom is 0.410 e. The van der Waals surface area contributed by atoms with E-state index in [-0.39, 0.29) is 29.1 Å². The van der Waals surface area contributed by atoms with E-state index in [0.717, 1.165) is 17.5 Å². The van der Waals surface area contributed by atoms with E-state index in [9.17, 15) is 18.3 Å². The van der Waals surface area contributed by atoms with Crippen molar-refractivity contribution < 1.29 is 23.1 Å². The lowest BCUT2D eigenvalue weighted by Gasteiger charge is -2.24. The standard InChI is InChI=1S/C22H29NO5S/c1-15-12-19(29(26,27)18-7-5-6-17(24)13-18)8-9-20(15)16-10-11-23(14-16)21(25)28-22(2,3)4/h5-9,12,16,18,24H,10-11,13-14H2,1-4H3. The number of sulfone groups is 1. The van der Waals surface area contributed by atoms with E-state index >= 15 is 0 Å². The first-order valence-electron chi connectivity index (χ1n) is 9.86. The van der Waals surface area contributed by atoms with Crippen molar-refractivity contribution in [1.29, 1.82) is 0 Å². The van der Waals surface area contributed by atoms with Crippen LogP contribution in [0.1, 0.15) is 50.7 Å². The number of rotatable bonds is 3. The van der Waals surface area contributed by atoms with Gasteiger partial charge in [0.1, 0.15) is 5.60 Å². The van der Waals surface area contributed by atoms with Gasteiger partial charge in [0.2, 0.25) is 0 Å². The van der Waals surface area contributed by atoms with Crippen LogP contribution in [0.25, 0.3) is 0 Å². The molecule has 1 N–H and O–H groups in total. The molecule has 6 nitrogen and oxygen atoms in total. The first kappa shape index (κ1) is 21.4. The van der Waals surface area contributed by atoms with E-state index in [1.165, 1.54) is 6.08 Å². The number of carbonyl (C=O) groups excluding carboxylic acids is 1. The predicted octanol–water partition coefficient (Wildman–Crippen LogP) is 4.26. The highest BCUT2D eigenvalue weighted by Crippen LogP contribution is 2.33. The summed E-state index contributed by atoms with van der Waals surface area (Å²) in [4.78, 5) is 14.3. The molecule has 0 saturated carbocycles. The Kier molecular flexibility index (Phi) is 5.81. The molecule has 1 amide bonds. The molecule has 0 bridgehead atoms. The van der Waals surface area contributed by atoms with Gasteiger partial charge in [0.05, 0.1) is 15.9 Å². The second-order valence-electron chi connectivity index (χ2n) is 8.76. The van der Waals surface area contributed by atoms with E-state index in [1.807, 2.05) is 33.8 Å². The van der Waals surface area contributed by atoms with Crippen LogP contribution in [-0.2, 0) is 14.6 Å². The van der Waals surface area contributed by atoms with Gasteiger partial charge in [-0.15, -0.1) is 0 Å². The maximum atomic E-state index is 12.9. The number of aliphatic hydroxyl groups is 1. The fourth-order valence-electron chi connectivity index (χ4n) is 3.81. The van der Waals surface area contributed by atoms with Crippen LogP contribution in [-0.4, -0.2) is 48.5 Å². The van der Waals surface area contributed by atoms with Crippen molar-refractivity contribution in [3.05, 3.63) is 53.3 Å². The lowest BCUT2D eigenvalue weighted by molar-refractivity contribution is 0.0292. The molecule has 29 heavy (non-hydrogen) atoms. The van der Waals surface area contributed by atoms with Crippen molar-refractivity contribution in [2.75, 3.05) is 13.1 Å². The van der Waals surface area contributed by atoms with Gasteiger partial charge >= 0.3 is 6.09 Å². The Balaban J connectivity index is 1.74. The van der Waals surface area contributed by atoms with Crippen molar-refractivity contribution in [1.82, 2.24) is 4.90 Å². The molecule has 1 saturated heterocycles. The summed E-state index contributed by atoms with van der Waals surface area (Å²) in [5.74, 6) is 0.225. The molecule has 2 unspecified atom stereocenters. The number of amides is 1. The number of likely N-dealkylation sites (tertiary alicyclic amines) is 1. The Labute approximate surface area is 172 Å². The van der Waals surface area contributed by atoms with Gasteiger partial charge in [0, 0.05) is 25.4 Å². The summed E-state index contributed by atoms with van der Waals surface area (Å²) in [6, 6.07) is 5.19. The third kappa shape index (κ3) is 4.83. The zero-order valence-corrected chi connectivity index (χ0v) is 18.2. The zero-order chi connectivity index (χ0) is 21.4. The van der Waals surface area contributed by atoms with Crippen LogP contribution in [0.4, 0.5) is 4.79 Å². The van der Waals surface area contributed by atoms with Gasteiger partial charge in [-0.2, -0.15) is 0 Å². The van der Waals surface area contributed by atoms with E-state index in [4.69, 9.17) is 4.74 Å². The quantitative estimate of drug-likeness (QED) is 0.791. The largest absolute Gasteiger partial charge is 0.512 e. The van der Waals surface area contributed by atoms with Crippen molar-refractivity contribution >= 4 is 15.9 Å². The monoisotopic (exact) mass is 419 g/mol. The van der Waals surface area contributed by atoms with Gasteiger partial charge in [0.15, 0.2) is 9.84 Å². The normalized spacial score (nSPS) is 22.5. The molecule has 0 spiro atoms. The van der Waals surface area contributed by atoms with Crippen LogP contribution < -0.4 is 0 Å². The van der Waals surface area contributed by atoms with Crippen LogP contribution >= 0.6 is 0 Å². The summed E-state index contributed by atoms with van der Waals surface area (Å²) in [6.45, 7) is 8.62. The summed E-state index contributed by atoms with van der Waals surface area (Å²) in [6.07, 6.45) is 5.29. The number of hydrogen-bond donors (Lipinski definition) is 1. The molecule has 1 heterocycles. The smallest absolute Gasteiger partial charge is 0.410 e. The maximum absolute atomic E-state index is 12.9. The average molecular weight is 420 g/mol. The van der Waals surface area contributed by atoms with Crippen molar-refractivity contribution in [3.63, 3.8) is 0 Å². The topological polar surface area (TPSA) is 83.9 Å². The molecule has 7 heteroatoms.